The lowest BCUT2D eigenvalue weighted by molar-refractivity contribution is -0.134. The van der Waals surface area contributed by atoms with Crippen molar-refractivity contribution in [3.63, 3.8) is 0 Å². The van der Waals surface area contributed by atoms with Crippen molar-refractivity contribution in [3.8, 4) is 10.4 Å². The molecule has 2 aromatic rings. The summed E-state index contributed by atoms with van der Waals surface area (Å²) in [6.07, 6.45) is -0.889. The molecule has 1 aliphatic carbocycles. The molecule has 0 unspecified atom stereocenters. The number of benzene rings is 1. The van der Waals surface area contributed by atoms with Crippen molar-refractivity contribution in [2.45, 2.75) is 44.7 Å². The van der Waals surface area contributed by atoms with Gasteiger partial charge in [0, 0.05) is 10.4 Å². The maximum atomic E-state index is 14.5. The predicted molar refractivity (Wildman–Crippen MR) is 85.0 cm³/mol. The standard InChI is InChI=1S/C18H17F5S/c1-10-2-4-11(5-3-10)12-6-7-13(17(20)16(12)19)14-8-9-15(24-14)18(21,22)23/h6-11H,2-5H2,1H3. The fourth-order valence-electron chi connectivity index (χ4n) is 3.28. The fourth-order valence-corrected chi connectivity index (χ4v) is 4.17. The van der Waals surface area contributed by atoms with E-state index < -0.39 is 22.7 Å². The zero-order valence-corrected chi connectivity index (χ0v) is 13.9. The van der Waals surface area contributed by atoms with Gasteiger partial charge in [-0.15, -0.1) is 11.3 Å². The Hall–Kier alpha value is -1.43. The van der Waals surface area contributed by atoms with E-state index in [9.17, 15) is 22.0 Å². The van der Waals surface area contributed by atoms with Gasteiger partial charge in [0.2, 0.25) is 0 Å². The van der Waals surface area contributed by atoms with Crippen LogP contribution in [-0.2, 0) is 6.18 Å². The Balaban J connectivity index is 1.91. The van der Waals surface area contributed by atoms with Gasteiger partial charge in [0.05, 0.1) is 0 Å². The van der Waals surface area contributed by atoms with Crippen LogP contribution in [0.3, 0.4) is 0 Å². The molecule has 0 amide bonds. The van der Waals surface area contributed by atoms with Crippen molar-refractivity contribution in [3.05, 3.63) is 46.3 Å². The van der Waals surface area contributed by atoms with E-state index in [0.29, 0.717) is 22.8 Å². The Morgan fingerprint density at radius 2 is 1.58 bits per heavy atom. The summed E-state index contributed by atoms with van der Waals surface area (Å²) >= 11 is 0.426. The highest BCUT2D eigenvalue weighted by atomic mass is 32.1. The summed E-state index contributed by atoms with van der Waals surface area (Å²) < 4.78 is 66.9. The molecule has 130 valence electrons. The van der Waals surface area contributed by atoms with Gasteiger partial charge in [-0.25, -0.2) is 8.78 Å². The molecule has 1 heterocycles. The van der Waals surface area contributed by atoms with E-state index in [1.54, 1.807) is 0 Å². The van der Waals surface area contributed by atoms with Crippen molar-refractivity contribution < 1.29 is 22.0 Å². The van der Waals surface area contributed by atoms with Crippen molar-refractivity contribution in [1.82, 2.24) is 0 Å². The average Bonchev–Trinajstić information content (AvgIpc) is 3.01. The van der Waals surface area contributed by atoms with Crippen LogP contribution >= 0.6 is 11.3 Å². The molecule has 24 heavy (non-hydrogen) atoms. The van der Waals surface area contributed by atoms with E-state index in [2.05, 4.69) is 6.92 Å². The lowest BCUT2D eigenvalue weighted by atomic mass is 9.79. The molecule has 0 N–H and O–H groups in total. The molecule has 1 aromatic heterocycles. The van der Waals surface area contributed by atoms with Crippen LogP contribution in [0.25, 0.3) is 10.4 Å². The summed E-state index contributed by atoms with van der Waals surface area (Å²) in [5.74, 6) is -1.39. The van der Waals surface area contributed by atoms with Gasteiger partial charge in [0.1, 0.15) is 4.88 Å². The normalized spacial score (nSPS) is 21.9. The second kappa shape index (κ2) is 6.47. The van der Waals surface area contributed by atoms with Crippen LogP contribution in [0.4, 0.5) is 22.0 Å². The van der Waals surface area contributed by atoms with Crippen LogP contribution in [0, 0.1) is 17.6 Å². The molecule has 0 atom stereocenters. The van der Waals surface area contributed by atoms with Gasteiger partial charge in [-0.2, -0.15) is 13.2 Å². The quantitative estimate of drug-likeness (QED) is 0.506. The van der Waals surface area contributed by atoms with Gasteiger partial charge in [0.15, 0.2) is 11.6 Å². The SMILES string of the molecule is CC1CCC(c2ccc(-c3ccc(C(F)(F)F)s3)c(F)c2F)CC1. The van der Waals surface area contributed by atoms with Crippen LogP contribution in [0.2, 0.25) is 0 Å². The second-order valence-corrected chi connectivity index (χ2v) is 7.53. The molecule has 0 nitrogen and oxygen atoms in total. The van der Waals surface area contributed by atoms with Crippen LogP contribution in [0.15, 0.2) is 24.3 Å². The van der Waals surface area contributed by atoms with E-state index >= 15 is 0 Å². The van der Waals surface area contributed by atoms with Crippen LogP contribution in [0.1, 0.15) is 49.0 Å². The molecular weight excluding hydrogens is 343 g/mol. The molecule has 0 saturated heterocycles. The van der Waals surface area contributed by atoms with E-state index in [0.717, 1.165) is 31.7 Å². The summed E-state index contributed by atoms with van der Waals surface area (Å²) in [4.78, 5) is -0.731. The Bertz CT molecular complexity index is 723. The molecule has 0 spiro atoms. The lowest BCUT2D eigenvalue weighted by Crippen LogP contribution is -2.13. The first kappa shape index (κ1) is 17.4. The third-order valence-electron chi connectivity index (χ3n) is 4.72. The monoisotopic (exact) mass is 360 g/mol. The third kappa shape index (κ3) is 3.34. The fraction of sp³-hybridized carbons (Fsp3) is 0.444. The van der Waals surface area contributed by atoms with Crippen molar-refractivity contribution >= 4 is 11.3 Å². The maximum absolute atomic E-state index is 14.5. The van der Waals surface area contributed by atoms with Crippen molar-refractivity contribution in [2.75, 3.05) is 0 Å². The Morgan fingerprint density at radius 1 is 0.917 bits per heavy atom. The number of hydrogen-bond acceptors (Lipinski definition) is 1. The van der Waals surface area contributed by atoms with Crippen LogP contribution in [0.5, 0.6) is 0 Å². The summed E-state index contributed by atoms with van der Waals surface area (Å²) in [6, 6.07) is 5.01. The van der Waals surface area contributed by atoms with E-state index in [1.165, 1.54) is 18.2 Å². The maximum Gasteiger partial charge on any atom is 0.425 e. The average molecular weight is 360 g/mol. The Kier molecular flexibility index (Phi) is 4.69. The number of halogens is 5. The summed E-state index contributed by atoms with van der Waals surface area (Å²) in [5, 5.41) is 0. The molecule has 3 rings (SSSR count). The molecule has 1 saturated carbocycles. The summed E-state index contributed by atoms with van der Waals surface area (Å²) in [7, 11) is 0. The van der Waals surface area contributed by atoms with E-state index in [-0.39, 0.29) is 16.4 Å². The van der Waals surface area contributed by atoms with Crippen LogP contribution in [-0.4, -0.2) is 0 Å². The van der Waals surface area contributed by atoms with Gasteiger partial charge < -0.3 is 0 Å². The Labute approximate surface area is 141 Å². The van der Waals surface area contributed by atoms with Crippen molar-refractivity contribution in [2.24, 2.45) is 5.92 Å². The largest absolute Gasteiger partial charge is 0.425 e. The molecule has 0 aliphatic heterocycles. The first-order valence-corrected chi connectivity index (χ1v) is 8.74. The molecule has 1 aromatic carbocycles. The minimum absolute atomic E-state index is 0.0150. The number of hydrogen-bond donors (Lipinski definition) is 0. The molecular formula is C18H17F5S. The third-order valence-corrected chi connectivity index (χ3v) is 5.88. The van der Waals surface area contributed by atoms with E-state index in [4.69, 9.17) is 0 Å². The first-order chi connectivity index (χ1) is 11.3. The van der Waals surface area contributed by atoms with Gasteiger partial charge in [-0.05, 0) is 42.4 Å². The van der Waals surface area contributed by atoms with Crippen molar-refractivity contribution in [1.29, 1.82) is 0 Å². The Morgan fingerprint density at radius 3 is 2.17 bits per heavy atom. The smallest absolute Gasteiger partial charge is 0.203 e. The zero-order valence-electron chi connectivity index (χ0n) is 13.1. The lowest BCUT2D eigenvalue weighted by Gasteiger charge is -2.27. The topological polar surface area (TPSA) is 0 Å². The molecule has 0 radical (unpaired) electrons. The summed E-state index contributed by atoms with van der Waals surface area (Å²) in [5.41, 5.74) is 0.233. The van der Waals surface area contributed by atoms with E-state index in [1.807, 2.05) is 0 Å². The highest BCUT2D eigenvalue weighted by Gasteiger charge is 2.33. The van der Waals surface area contributed by atoms with Gasteiger partial charge >= 0.3 is 6.18 Å². The van der Waals surface area contributed by atoms with Gasteiger partial charge in [0.25, 0.3) is 0 Å². The minimum Gasteiger partial charge on any atom is -0.203 e. The zero-order chi connectivity index (χ0) is 17.5. The highest BCUT2D eigenvalue weighted by Crippen LogP contribution is 2.42. The number of alkyl halides is 3. The van der Waals surface area contributed by atoms with Gasteiger partial charge in [-0.1, -0.05) is 31.9 Å². The number of rotatable bonds is 2. The first-order valence-electron chi connectivity index (χ1n) is 7.92. The molecule has 0 bridgehead atoms. The molecule has 1 aliphatic rings. The van der Waals surface area contributed by atoms with Gasteiger partial charge in [-0.3, -0.25) is 0 Å². The molecule has 6 heteroatoms. The number of thiophene rings is 1. The predicted octanol–water partition coefficient (Wildman–Crippen LogP) is 7.01. The molecule has 1 fully saturated rings. The minimum atomic E-state index is -4.48. The second-order valence-electron chi connectivity index (χ2n) is 6.45. The summed E-state index contributed by atoms with van der Waals surface area (Å²) in [6.45, 7) is 2.14. The highest BCUT2D eigenvalue weighted by molar-refractivity contribution is 7.15. The van der Waals surface area contributed by atoms with Crippen LogP contribution < -0.4 is 0 Å².